The second-order valence-corrected chi connectivity index (χ2v) is 13.2. The van der Waals surface area contributed by atoms with Gasteiger partial charge in [0.2, 0.25) is 0 Å². The molecule has 3 heterocycles. The number of carbonyl (C=O) groups is 1. The molecule has 0 amide bonds. The number of rotatable bonds is 7. The fourth-order valence-electron chi connectivity index (χ4n) is 5.46. The summed E-state index contributed by atoms with van der Waals surface area (Å²) in [6, 6.07) is 16.2. The Bertz CT molecular complexity index is 2080. The van der Waals surface area contributed by atoms with E-state index in [1.54, 1.807) is 75.0 Å². The number of alkyl halides is 2. The highest BCUT2D eigenvalue weighted by atomic mass is 35.5. The number of aliphatic carboxylic acids is 1. The van der Waals surface area contributed by atoms with Gasteiger partial charge in [-0.15, -0.1) is 11.3 Å². The molecule has 45 heavy (non-hydrogen) atoms. The number of aromatic nitrogens is 4. The minimum absolute atomic E-state index is 0.246. The summed E-state index contributed by atoms with van der Waals surface area (Å²) in [4.78, 5) is 21.9. The van der Waals surface area contributed by atoms with Crippen LogP contribution >= 0.6 is 22.9 Å². The second kappa shape index (κ2) is 11.6. The maximum absolute atomic E-state index is 14.4. The van der Waals surface area contributed by atoms with Crippen molar-refractivity contribution in [3.8, 4) is 33.0 Å². The molecule has 6 rings (SSSR count). The summed E-state index contributed by atoms with van der Waals surface area (Å²) < 4.78 is 37.3. The van der Waals surface area contributed by atoms with Crippen LogP contribution in [0.3, 0.4) is 0 Å². The van der Waals surface area contributed by atoms with Crippen molar-refractivity contribution in [1.29, 1.82) is 0 Å². The molecule has 3 aromatic carbocycles. The third kappa shape index (κ3) is 5.93. The lowest BCUT2D eigenvalue weighted by atomic mass is 9.91. The van der Waals surface area contributed by atoms with Gasteiger partial charge in [-0.25, -0.2) is 18.6 Å². The lowest BCUT2D eigenvalue weighted by molar-refractivity contribution is -0.160. The molecule has 0 saturated carbocycles. The molecule has 0 aliphatic rings. The Morgan fingerprint density at radius 3 is 2.42 bits per heavy atom. The van der Waals surface area contributed by atoms with E-state index in [2.05, 4.69) is 10.1 Å². The Morgan fingerprint density at radius 1 is 1.04 bits per heavy atom. The summed E-state index contributed by atoms with van der Waals surface area (Å²) in [5.74, 6) is -1.14. The standard InChI is InChI=1S/C34H29ClF2N4O3S/c1-17-12-25-30(28(18-6-9-21(35)10-7-18)27(17)29(33(42)43)44-34(2,3)4)45-32(40-25)22-14-24(38-16-23(22)31(36)37)19-8-11-26-20(13-19)15-39-41(26)5/h6-16,29,31H,1-5H3,(H,42,43). The number of hydrogen-bond acceptors (Lipinski definition) is 6. The van der Waals surface area contributed by atoms with E-state index in [1.165, 1.54) is 17.5 Å². The fourth-order valence-corrected chi connectivity index (χ4v) is 6.75. The Balaban J connectivity index is 1.59. The smallest absolute Gasteiger partial charge is 0.337 e. The number of fused-ring (bicyclic) bond motifs is 2. The molecule has 0 aliphatic heterocycles. The number of thiazole rings is 1. The van der Waals surface area contributed by atoms with E-state index in [0.29, 0.717) is 48.2 Å². The van der Waals surface area contributed by atoms with E-state index in [9.17, 15) is 18.7 Å². The van der Waals surface area contributed by atoms with E-state index in [1.807, 2.05) is 25.2 Å². The predicted octanol–water partition coefficient (Wildman–Crippen LogP) is 9.42. The molecular weight excluding hydrogens is 618 g/mol. The van der Waals surface area contributed by atoms with Crippen molar-refractivity contribution in [2.45, 2.75) is 45.8 Å². The van der Waals surface area contributed by atoms with Gasteiger partial charge in [-0.05, 0) is 75.2 Å². The molecule has 3 aromatic heterocycles. The van der Waals surface area contributed by atoms with Crippen molar-refractivity contribution in [2.75, 3.05) is 0 Å². The monoisotopic (exact) mass is 646 g/mol. The van der Waals surface area contributed by atoms with Gasteiger partial charge in [-0.1, -0.05) is 29.8 Å². The zero-order valence-corrected chi connectivity index (χ0v) is 26.7. The van der Waals surface area contributed by atoms with Crippen LogP contribution in [0.1, 0.15) is 50.0 Å². The molecule has 6 aromatic rings. The molecule has 0 spiro atoms. The molecular formula is C34H29ClF2N4O3S. The highest BCUT2D eigenvalue weighted by Gasteiger charge is 2.32. The van der Waals surface area contributed by atoms with Gasteiger partial charge in [-0.3, -0.25) is 9.67 Å². The summed E-state index contributed by atoms with van der Waals surface area (Å²) in [5, 5.41) is 16.4. The number of carboxylic acid groups (broad SMARTS) is 1. The minimum atomic E-state index is -2.79. The van der Waals surface area contributed by atoms with Gasteiger partial charge in [0, 0.05) is 51.5 Å². The maximum atomic E-state index is 14.4. The first kappa shape index (κ1) is 30.8. The van der Waals surface area contributed by atoms with Crippen LogP contribution in [0.2, 0.25) is 5.02 Å². The number of nitrogens with zero attached hydrogens (tertiary/aromatic N) is 4. The molecule has 11 heteroatoms. The highest BCUT2D eigenvalue weighted by molar-refractivity contribution is 7.22. The maximum Gasteiger partial charge on any atom is 0.337 e. The van der Waals surface area contributed by atoms with Crippen LogP contribution in [0.25, 0.3) is 54.1 Å². The molecule has 0 bridgehead atoms. The number of benzene rings is 3. The van der Waals surface area contributed by atoms with E-state index in [4.69, 9.17) is 21.3 Å². The number of hydrogen-bond donors (Lipinski definition) is 1. The minimum Gasteiger partial charge on any atom is -0.479 e. The molecule has 0 radical (unpaired) electrons. The largest absolute Gasteiger partial charge is 0.479 e. The third-order valence-corrected chi connectivity index (χ3v) is 8.83. The van der Waals surface area contributed by atoms with E-state index >= 15 is 0 Å². The van der Waals surface area contributed by atoms with Crippen LogP contribution < -0.4 is 0 Å². The van der Waals surface area contributed by atoms with Gasteiger partial charge in [0.05, 0.1) is 33.2 Å². The first-order valence-electron chi connectivity index (χ1n) is 14.1. The van der Waals surface area contributed by atoms with Crippen LogP contribution in [0.15, 0.2) is 67.0 Å². The van der Waals surface area contributed by atoms with Crippen LogP contribution in [0, 0.1) is 6.92 Å². The van der Waals surface area contributed by atoms with E-state index in [0.717, 1.165) is 16.5 Å². The number of ether oxygens (including phenoxy) is 1. The average molecular weight is 647 g/mol. The topological polar surface area (TPSA) is 90.1 Å². The molecule has 1 atom stereocenters. The van der Waals surface area contributed by atoms with Crippen molar-refractivity contribution in [2.24, 2.45) is 7.05 Å². The number of aryl methyl sites for hydroxylation is 2. The van der Waals surface area contributed by atoms with E-state index < -0.39 is 24.1 Å². The molecule has 7 nitrogen and oxygen atoms in total. The van der Waals surface area contributed by atoms with Gasteiger partial charge < -0.3 is 9.84 Å². The number of halogens is 3. The van der Waals surface area contributed by atoms with Gasteiger partial charge in [0.1, 0.15) is 5.01 Å². The van der Waals surface area contributed by atoms with Crippen LogP contribution in [-0.2, 0) is 16.6 Å². The highest BCUT2D eigenvalue weighted by Crippen LogP contribution is 2.46. The SMILES string of the molecule is Cc1cc2nc(-c3cc(-c4ccc5c(cnn5C)c4)ncc3C(F)F)sc2c(-c2ccc(Cl)cc2)c1C(OC(C)(C)C)C(=O)O. The summed E-state index contributed by atoms with van der Waals surface area (Å²) in [7, 11) is 1.85. The first-order chi connectivity index (χ1) is 21.3. The lowest BCUT2D eigenvalue weighted by Crippen LogP contribution is -2.28. The first-order valence-corrected chi connectivity index (χ1v) is 15.3. The normalized spacial score (nSPS) is 12.8. The Kier molecular flexibility index (Phi) is 7.93. The van der Waals surface area contributed by atoms with Crippen molar-refractivity contribution >= 4 is 50.0 Å². The second-order valence-electron chi connectivity index (χ2n) is 11.8. The van der Waals surface area contributed by atoms with Crippen molar-refractivity contribution in [3.63, 3.8) is 0 Å². The van der Waals surface area contributed by atoms with Crippen LogP contribution in [0.4, 0.5) is 8.78 Å². The lowest BCUT2D eigenvalue weighted by Gasteiger charge is -2.28. The van der Waals surface area contributed by atoms with Gasteiger partial charge in [0.25, 0.3) is 6.43 Å². The van der Waals surface area contributed by atoms with Gasteiger partial charge in [-0.2, -0.15) is 5.10 Å². The average Bonchev–Trinajstić information content (AvgIpc) is 3.58. The summed E-state index contributed by atoms with van der Waals surface area (Å²) in [5.41, 5.74) is 4.43. The van der Waals surface area contributed by atoms with E-state index in [-0.39, 0.29) is 11.1 Å². The Labute approximate surface area is 267 Å². The van der Waals surface area contributed by atoms with Crippen molar-refractivity contribution in [1.82, 2.24) is 19.7 Å². The van der Waals surface area contributed by atoms with Gasteiger partial charge in [0.15, 0.2) is 6.10 Å². The Morgan fingerprint density at radius 2 is 1.76 bits per heavy atom. The van der Waals surface area contributed by atoms with Gasteiger partial charge >= 0.3 is 5.97 Å². The molecule has 230 valence electrons. The summed E-state index contributed by atoms with van der Waals surface area (Å²) in [6.45, 7) is 7.19. The molecule has 1 N–H and O–H groups in total. The fraction of sp³-hybridized carbons (Fsp3) is 0.235. The summed E-state index contributed by atoms with van der Waals surface area (Å²) in [6.07, 6.45) is -1.15. The zero-order valence-electron chi connectivity index (χ0n) is 25.1. The Hall–Kier alpha value is -4.25. The zero-order chi connectivity index (χ0) is 32.2. The van der Waals surface area contributed by atoms with Crippen LogP contribution in [-0.4, -0.2) is 36.4 Å². The quantitative estimate of drug-likeness (QED) is 0.186. The molecule has 1 unspecified atom stereocenters. The molecule has 0 fully saturated rings. The molecule has 0 aliphatic carbocycles. The van der Waals surface area contributed by atoms with Crippen LogP contribution in [0.5, 0.6) is 0 Å². The number of carboxylic acids is 1. The summed E-state index contributed by atoms with van der Waals surface area (Å²) >= 11 is 7.43. The van der Waals surface area contributed by atoms with Crippen molar-refractivity contribution < 1.29 is 23.4 Å². The molecule has 0 saturated heterocycles. The number of pyridine rings is 1. The predicted molar refractivity (Wildman–Crippen MR) is 174 cm³/mol. The van der Waals surface area contributed by atoms with Crippen molar-refractivity contribution in [3.05, 3.63) is 88.7 Å². The third-order valence-electron chi connectivity index (χ3n) is 7.46.